The van der Waals surface area contributed by atoms with E-state index >= 15 is 0 Å². The molecule has 0 radical (unpaired) electrons. The Balaban J connectivity index is 1.90. The number of hydrogen-bond acceptors (Lipinski definition) is 5. The van der Waals surface area contributed by atoms with Gasteiger partial charge in [0.2, 0.25) is 21.8 Å². The molecule has 190 valence electrons. The van der Waals surface area contributed by atoms with Crippen LogP contribution in [0.3, 0.4) is 0 Å². The molecule has 2 amide bonds. The highest BCUT2D eigenvalue weighted by Gasteiger charge is 2.32. The van der Waals surface area contributed by atoms with Crippen LogP contribution >= 0.6 is 15.9 Å². The van der Waals surface area contributed by atoms with Crippen molar-refractivity contribution in [3.63, 3.8) is 0 Å². The average Bonchev–Trinajstić information content (AvgIpc) is 3.32. The number of rotatable bonds is 10. The number of nitrogens with zero attached hydrogens (tertiary/aromatic N) is 2. The Morgan fingerprint density at radius 2 is 1.83 bits per heavy atom. The van der Waals surface area contributed by atoms with Gasteiger partial charge in [-0.2, -0.15) is 0 Å². The van der Waals surface area contributed by atoms with E-state index in [9.17, 15) is 18.0 Å². The standard InChI is InChI=1S/C25H32BrN3O5S/c1-18(25(31)27-21-11-4-5-12-21)28(16-19-9-8-10-20(26)15-19)24(30)17-29(35(3,32)33)22-13-6-7-14-23(22)34-2/h6-10,13-15,18,21H,4-5,11-12,16-17H2,1-3H3,(H,27,31)/t18-/m1/s1. The van der Waals surface area contributed by atoms with E-state index in [1.807, 2.05) is 24.3 Å². The van der Waals surface area contributed by atoms with Gasteiger partial charge in [-0.15, -0.1) is 0 Å². The SMILES string of the molecule is COc1ccccc1N(CC(=O)N(Cc1cccc(Br)c1)[C@H](C)C(=O)NC1CCCC1)S(C)(=O)=O. The molecule has 0 aliphatic heterocycles. The summed E-state index contributed by atoms with van der Waals surface area (Å²) >= 11 is 3.44. The van der Waals surface area contributed by atoms with Crippen LogP contribution in [0.5, 0.6) is 5.75 Å². The van der Waals surface area contributed by atoms with Crippen LogP contribution in [0.4, 0.5) is 5.69 Å². The number of methoxy groups -OCH3 is 1. The molecule has 8 nitrogen and oxygen atoms in total. The van der Waals surface area contributed by atoms with E-state index in [-0.39, 0.29) is 24.2 Å². The third-order valence-corrected chi connectivity index (χ3v) is 7.76. The zero-order valence-corrected chi connectivity index (χ0v) is 22.6. The molecule has 1 N–H and O–H groups in total. The van der Waals surface area contributed by atoms with Gasteiger partial charge < -0.3 is 15.0 Å². The quantitative estimate of drug-likeness (QED) is 0.473. The molecule has 1 aliphatic carbocycles. The van der Waals surface area contributed by atoms with Crippen molar-refractivity contribution >= 4 is 43.5 Å². The Morgan fingerprint density at radius 1 is 1.14 bits per heavy atom. The van der Waals surface area contributed by atoms with Crippen LogP contribution in [0.15, 0.2) is 53.0 Å². The third-order valence-electron chi connectivity index (χ3n) is 6.14. The molecule has 10 heteroatoms. The lowest BCUT2D eigenvalue weighted by Crippen LogP contribution is -2.52. The number of para-hydroxylation sites is 2. The van der Waals surface area contributed by atoms with Gasteiger partial charge in [-0.1, -0.05) is 53.0 Å². The monoisotopic (exact) mass is 565 g/mol. The Morgan fingerprint density at radius 3 is 2.46 bits per heavy atom. The molecule has 35 heavy (non-hydrogen) atoms. The molecule has 0 bridgehead atoms. The molecule has 1 saturated carbocycles. The molecule has 1 fully saturated rings. The number of benzene rings is 2. The summed E-state index contributed by atoms with van der Waals surface area (Å²) in [5, 5.41) is 3.05. The zero-order chi connectivity index (χ0) is 25.6. The number of ether oxygens (including phenoxy) is 1. The second kappa shape index (κ2) is 11.9. The van der Waals surface area contributed by atoms with Gasteiger partial charge >= 0.3 is 0 Å². The highest BCUT2D eigenvalue weighted by molar-refractivity contribution is 9.10. The average molecular weight is 567 g/mol. The lowest BCUT2D eigenvalue weighted by molar-refractivity contribution is -0.139. The molecular weight excluding hydrogens is 534 g/mol. The van der Waals surface area contributed by atoms with Crippen LogP contribution in [0.1, 0.15) is 38.2 Å². The minimum Gasteiger partial charge on any atom is -0.495 e. The van der Waals surface area contributed by atoms with E-state index in [0.29, 0.717) is 5.75 Å². The number of nitrogens with one attached hydrogen (secondary N) is 1. The van der Waals surface area contributed by atoms with Crippen molar-refractivity contribution in [3.05, 3.63) is 58.6 Å². The maximum absolute atomic E-state index is 13.6. The number of hydrogen-bond donors (Lipinski definition) is 1. The predicted molar refractivity (Wildman–Crippen MR) is 140 cm³/mol. The van der Waals surface area contributed by atoms with Gasteiger partial charge in [-0.3, -0.25) is 13.9 Å². The van der Waals surface area contributed by atoms with Crippen molar-refractivity contribution in [2.24, 2.45) is 0 Å². The first-order valence-electron chi connectivity index (χ1n) is 11.5. The first-order valence-corrected chi connectivity index (χ1v) is 14.2. The summed E-state index contributed by atoms with van der Waals surface area (Å²) in [6.07, 6.45) is 5.04. The van der Waals surface area contributed by atoms with E-state index < -0.39 is 28.5 Å². The summed E-state index contributed by atoms with van der Waals surface area (Å²) in [7, 11) is -2.38. The largest absolute Gasteiger partial charge is 0.495 e. The normalized spacial score (nSPS) is 14.9. The summed E-state index contributed by atoms with van der Waals surface area (Å²) in [6, 6.07) is 13.4. The van der Waals surface area contributed by atoms with E-state index in [1.165, 1.54) is 12.0 Å². The van der Waals surface area contributed by atoms with Crippen molar-refractivity contribution in [1.29, 1.82) is 0 Å². The van der Waals surface area contributed by atoms with E-state index in [4.69, 9.17) is 4.74 Å². The van der Waals surface area contributed by atoms with Gasteiger partial charge in [0.15, 0.2) is 0 Å². The molecule has 1 atom stereocenters. The van der Waals surface area contributed by atoms with Gasteiger partial charge in [-0.25, -0.2) is 8.42 Å². The molecule has 0 unspecified atom stereocenters. The summed E-state index contributed by atoms with van der Waals surface area (Å²) < 4.78 is 32.6. The van der Waals surface area contributed by atoms with Crippen LogP contribution in [0.2, 0.25) is 0 Å². The number of carbonyl (C=O) groups is 2. The molecular formula is C25H32BrN3O5S. The lowest BCUT2D eigenvalue weighted by Gasteiger charge is -2.32. The zero-order valence-electron chi connectivity index (χ0n) is 20.2. The molecule has 2 aromatic carbocycles. The first kappa shape index (κ1) is 27.0. The smallest absolute Gasteiger partial charge is 0.244 e. The van der Waals surface area contributed by atoms with Gasteiger partial charge in [0.25, 0.3) is 0 Å². The van der Waals surface area contributed by atoms with Crippen LogP contribution in [-0.2, 0) is 26.2 Å². The first-order chi connectivity index (χ1) is 16.6. The maximum Gasteiger partial charge on any atom is 0.244 e. The Hall–Kier alpha value is -2.59. The minimum atomic E-state index is -3.83. The van der Waals surface area contributed by atoms with Crippen molar-refractivity contribution in [2.45, 2.75) is 51.2 Å². The fourth-order valence-electron chi connectivity index (χ4n) is 4.24. The van der Waals surface area contributed by atoms with Gasteiger partial charge in [0.1, 0.15) is 18.3 Å². The van der Waals surface area contributed by atoms with E-state index in [2.05, 4.69) is 21.2 Å². The summed E-state index contributed by atoms with van der Waals surface area (Å²) in [4.78, 5) is 28.2. The van der Waals surface area contributed by atoms with E-state index in [1.54, 1.807) is 31.2 Å². The fourth-order valence-corrected chi connectivity index (χ4v) is 5.54. The highest BCUT2D eigenvalue weighted by atomic mass is 79.9. The topological polar surface area (TPSA) is 96.0 Å². The molecule has 0 aromatic heterocycles. The summed E-state index contributed by atoms with van der Waals surface area (Å²) in [6.45, 7) is 1.36. The van der Waals surface area contributed by atoms with Gasteiger partial charge in [-0.05, 0) is 49.6 Å². The lowest BCUT2D eigenvalue weighted by atomic mass is 10.1. The number of amides is 2. The number of anilines is 1. The Bertz CT molecular complexity index is 1150. The minimum absolute atomic E-state index is 0.105. The second-order valence-electron chi connectivity index (χ2n) is 8.76. The Kier molecular flexibility index (Phi) is 9.18. The third kappa shape index (κ3) is 7.20. The van der Waals surface area contributed by atoms with Crippen LogP contribution in [0, 0.1) is 0 Å². The van der Waals surface area contributed by atoms with Crippen molar-refractivity contribution in [3.8, 4) is 5.75 Å². The molecule has 0 saturated heterocycles. The van der Waals surface area contributed by atoms with Crippen LogP contribution in [0.25, 0.3) is 0 Å². The summed E-state index contributed by atoms with van der Waals surface area (Å²) in [5.74, 6) is -0.407. The van der Waals surface area contributed by atoms with Crippen molar-refractivity contribution < 1.29 is 22.7 Å². The Labute approximate surface area is 215 Å². The van der Waals surface area contributed by atoms with Gasteiger partial charge in [0.05, 0.1) is 19.1 Å². The van der Waals surface area contributed by atoms with Gasteiger partial charge in [0, 0.05) is 17.1 Å². The van der Waals surface area contributed by atoms with Crippen molar-refractivity contribution in [1.82, 2.24) is 10.2 Å². The van der Waals surface area contributed by atoms with E-state index in [0.717, 1.165) is 46.3 Å². The van der Waals surface area contributed by atoms with Crippen molar-refractivity contribution in [2.75, 3.05) is 24.2 Å². The second-order valence-corrected chi connectivity index (χ2v) is 11.6. The van der Waals surface area contributed by atoms with Crippen LogP contribution in [-0.4, -0.2) is 57.1 Å². The highest BCUT2D eigenvalue weighted by Crippen LogP contribution is 2.30. The fraction of sp³-hybridized carbons (Fsp3) is 0.440. The maximum atomic E-state index is 13.6. The molecule has 1 aliphatic rings. The number of halogens is 1. The molecule has 0 heterocycles. The number of sulfonamides is 1. The summed E-state index contributed by atoms with van der Waals surface area (Å²) in [5.41, 5.74) is 1.08. The van der Waals surface area contributed by atoms with Crippen LogP contribution < -0.4 is 14.4 Å². The predicted octanol–water partition coefficient (Wildman–Crippen LogP) is 3.70. The molecule has 0 spiro atoms. The molecule has 2 aromatic rings. The number of carbonyl (C=O) groups excluding carboxylic acids is 2. The molecule has 3 rings (SSSR count).